The number of hydrogen-bond acceptors (Lipinski definition) is 2. The van der Waals surface area contributed by atoms with Crippen molar-refractivity contribution < 1.29 is 0 Å². The van der Waals surface area contributed by atoms with Crippen molar-refractivity contribution in [3.05, 3.63) is 58.7 Å². The zero-order chi connectivity index (χ0) is 19.8. The van der Waals surface area contributed by atoms with Crippen LogP contribution in [0.15, 0.2) is 36.4 Å². The van der Waals surface area contributed by atoms with E-state index in [1.165, 1.54) is 8.88 Å². The normalized spacial score (nSPS) is 25.3. The van der Waals surface area contributed by atoms with Crippen molar-refractivity contribution >= 4 is 88.7 Å². The molecule has 2 nitrogen and oxygen atoms in total. The van der Waals surface area contributed by atoms with Crippen molar-refractivity contribution in [3.63, 3.8) is 0 Å². The maximum absolute atomic E-state index is 6.84. The fourth-order valence-electron chi connectivity index (χ4n) is 3.44. The first-order chi connectivity index (χ1) is 11.6. The molecule has 1 heterocycles. The van der Waals surface area contributed by atoms with Crippen molar-refractivity contribution in [2.75, 3.05) is 8.88 Å². The molecule has 0 spiro atoms. The molecule has 0 aromatic heterocycles. The summed E-state index contributed by atoms with van der Waals surface area (Å²) in [5, 5.41) is 0. The van der Waals surface area contributed by atoms with Gasteiger partial charge < -0.3 is 0 Å². The van der Waals surface area contributed by atoms with Crippen LogP contribution in [0.3, 0.4) is 0 Å². The number of hydrogen-bond donors (Lipinski definition) is 0. The van der Waals surface area contributed by atoms with Gasteiger partial charge in [0.2, 0.25) is 0 Å². The summed E-state index contributed by atoms with van der Waals surface area (Å²) in [7, 11) is 0. The summed E-state index contributed by atoms with van der Waals surface area (Å²) in [5.74, 6) is 0. The molecule has 0 amide bonds. The molecular formula is C16H18Cl6N2P2. The average molecular weight is 513 g/mol. The predicted molar refractivity (Wildman–Crippen MR) is 126 cm³/mol. The fourth-order valence-corrected chi connectivity index (χ4v) is 32.7. The Balaban J connectivity index is 2.24. The Bertz CT molecular complexity index is 784. The summed E-state index contributed by atoms with van der Waals surface area (Å²) in [5.41, 5.74) is 5.21. The molecule has 0 atom stereocenters. The van der Waals surface area contributed by atoms with Gasteiger partial charge in [0.05, 0.1) is 0 Å². The zero-order valence-electron chi connectivity index (χ0n) is 14.5. The predicted octanol–water partition coefficient (Wildman–Crippen LogP) is 9.94. The van der Waals surface area contributed by atoms with E-state index in [0.717, 1.165) is 22.3 Å². The topological polar surface area (TPSA) is 6.48 Å². The van der Waals surface area contributed by atoms with Gasteiger partial charge in [0, 0.05) is 0 Å². The van der Waals surface area contributed by atoms with Crippen LogP contribution in [0.1, 0.15) is 22.3 Å². The third kappa shape index (κ3) is 3.30. The van der Waals surface area contributed by atoms with E-state index in [4.69, 9.17) is 67.4 Å². The summed E-state index contributed by atoms with van der Waals surface area (Å²) in [4.78, 5) is -8.48. The van der Waals surface area contributed by atoms with E-state index in [1.807, 2.05) is 64.1 Å². The van der Waals surface area contributed by atoms with Crippen LogP contribution < -0.4 is 8.88 Å². The standard InChI is InChI=1S/C16H18Cl6N2P2/c1-11-5-12(2)8-15(7-11)23-25(17,18,19)24(26(23,20,21)22)16-9-13(3)6-14(4)10-16/h5-10H,1-4H3. The van der Waals surface area contributed by atoms with Crippen molar-refractivity contribution in [1.29, 1.82) is 0 Å². The van der Waals surface area contributed by atoms with E-state index < -0.39 is 9.93 Å². The van der Waals surface area contributed by atoms with Crippen LogP contribution in [-0.4, -0.2) is 0 Å². The quantitative estimate of drug-likeness (QED) is 0.369. The summed E-state index contributed by atoms with van der Waals surface area (Å²) in [6, 6.07) is 11.5. The SMILES string of the molecule is Cc1cc(C)cc(N2P(Cl)(Cl)(Cl)N(c3cc(C)cc(C)c3)P2(Cl)(Cl)Cl)c1. The van der Waals surface area contributed by atoms with E-state index in [2.05, 4.69) is 0 Å². The molecule has 0 bridgehead atoms. The third-order valence-corrected chi connectivity index (χ3v) is 20.8. The van der Waals surface area contributed by atoms with Crippen molar-refractivity contribution in [2.45, 2.75) is 27.7 Å². The Kier molecular flexibility index (Phi) is 4.98. The van der Waals surface area contributed by atoms with Gasteiger partial charge in [-0.15, -0.1) is 0 Å². The van der Waals surface area contributed by atoms with Crippen molar-refractivity contribution in [2.24, 2.45) is 0 Å². The number of anilines is 2. The monoisotopic (exact) mass is 510 g/mol. The molecule has 0 unspecified atom stereocenters. The number of rotatable bonds is 2. The number of nitrogens with zero attached hydrogens (tertiary/aromatic N) is 2. The minimum absolute atomic E-state index is 0.610. The van der Waals surface area contributed by atoms with Crippen molar-refractivity contribution in [3.8, 4) is 0 Å². The number of benzene rings is 2. The van der Waals surface area contributed by atoms with Crippen LogP contribution in [0.5, 0.6) is 0 Å². The first-order valence-electron chi connectivity index (χ1n) is 7.73. The zero-order valence-corrected chi connectivity index (χ0v) is 20.8. The second-order valence-corrected chi connectivity index (χ2v) is 26.6. The molecule has 2 aromatic rings. The molecule has 1 aliphatic rings. The van der Waals surface area contributed by atoms with E-state index >= 15 is 0 Å². The van der Waals surface area contributed by atoms with Crippen molar-refractivity contribution in [1.82, 2.24) is 0 Å². The minimum atomic E-state index is -4.24. The average Bonchev–Trinajstić information content (AvgIpc) is 2.30. The second-order valence-electron chi connectivity index (χ2n) is 6.74. The van der Waals surface area contributed by atoms with Gasteiger partial charge in [0.1, 0.15) is 0 Å². The van der Waals surface area contributed by atoms with Gasteiger partial charge in [-0.1, -0.05) is 0 Å². The molecule has 0 N–H and O–H groups in total. The van der Waals surface area contributed by atoms with Crippen LogP contribution in [0.2, 0.25) is 0 Å². The molecule has 1 aliphatic heterocycles. The van der Waals surface area contributed by atoms with Gasteiger partial charge >= 0.3 is 184 Å². The Morgan fingerprint density at radius 1 is 0.500 bits per heavy atom. The Morgan fingerprint density at radius 2 is 0.731 bits per heavy atom. The van der Waals surface area contributed by atoms with E-state index in [9.17, 15) is 0 Å². The maximum atomic E-state index is 6.84. The van der Waals surface area contributed by atoms with E-state index in [0.29, 0.717) is 11.4 Å². The Labute approximate surface area is 183 Å². The van der Waals surface area contributed by atoms with Crippen LogP contribution in [0, 0.1) is 27.7 Å². The van der Waals surface area contributed by atoms with Gasteiger partial charge in [0.15, 0.2) is 0 Å². The summed E-state index contributed by atoms with van der Waals surface area (Å²) >= 11 is 41.0. The first-order valence-corrected chi connectivity index (χ1v) is 17.4. The van der Waals surface area contributed by atoms with Gasteiger partial charge in [0.25, 0.3) is 0 Å². The molecule has 0 aliphatic carbocycles. The second kappa shape index (κ2) is 6.07. The van der Waals surface area contributed by atoms with E-state index in [-0.39, 0.29) is 0 Å². The molecule has 10 heteroatoms. The number of aryl methyl sites for hydroxylation is 4. The Hall–Kier alpha value is 0.640. The summed E-state index contributed by atoms with van der Waals surface area (Å²) < 4.78 is 2.87. The molecule has 3 rings (SSSR count). The number of halogens is 6. The molecule has 1 fully saturated rings. The third-order valence-electron chi connectivity index (χ3n) is 4.07. The van der Waals surface area contributed by atoms with E-state index in [1.54, 1.807) is 0 Å². The van der Waals surface area contributed by atoms with Crippen LogP contribution in [-0.2, 0) is 0 Å². The molecule has 26 heavy (non-hydrogen) atoms. The summed E-state index contributed by atoms with van der Waals surface area (Å²) in [6.07, 6.45) is 0. The van der Waals surface area contributed by atoms with Gasteiger partial charge in [-0.25, -0.2) is 0 Å². The Morgan fingerprint density at radius 3 is 0.962 bits per heavy atom. The molecule has 1 saturated heterocycles. The molecule has 2 aromatic carbocycles. The van der Waals surface area contributed by atoms with Gasteiger partial charge in [-0.3, -0.25) is 0 Å². The van der Waals surface area contributed by atoms with Crippen LogP contribution in [0.4, 0.5) is 11.4 Å². The molecular weight excluding hydrogens is 495 g/mol. The van der Waals surface area contributed by atoms with Gasteiger partial charge in [-0.05, 0) is 0 Å². The van der Waals surface area contributed by atoms with Crippen LogP contribution in [0.25, 0.3) is 0 Å². The molecule has 0 saturated carbocycles. The first kappa shape index (κ1) is 21.4. The van der Waals surface area contributed by atoms with Crippen LogP contribution >= 0.6 is 77.4 Å². The molecule has 0 radical (unpaired) electrons. The molecule has 144 valence electrons. The summed E-state index contributed by atoms with van der Waals surface area (Å²) in [6.45, 7) is 7.81. The van der Waals surface area contributed by atoms with Gasteiger partial charge in [-0.2, -0.15) is 0 Å². The fraction of sp³-hybridized carbons (Fsp3) is 0.250.